The largest absolute Gasteiger partial charge is 0.542 e. The molecule has 110 valence electrons. The number of nitrogen functional groups attached to an aromatic ring is 1. The molecule has 0 aliphatic heterocycles. The first kappa shape index (κ1) is 15.0. The van der Waals surface area contributed by atoms with Crippen LogP contribution in [0.25, 0.3) is 10.9 Å². The van der Waals surface area contributed by atoms with E-state index in [1.807, 2.05) is 12.1 Å². The molecule has 0 amide bonds. The van der Waals surface area contributed by atoms with E-state index in [4.69, 9.17) is 10.2 Å². The molecule has 2 N–H and O–H groups in total. The molecule has 0 bridgehead atoms. The molecule has 0 aliphatic rings. The third-order valence-corrected chi connectivity index (χ3v) is 8.95. The van der Waals surface area contributed by atoms with E-state index in [2.05, 4.69) is 58.5 Å². The molecular weight excluding hydrogens is 264 g/mol. The molecule has 0 unspecified atom stereocenters. The normalized spacial score (nSPS) is 12.9. The molecule has 0 fully saturated rings. The van der Waals surface area contributed by atoms with Crippen LogP contribution in [0.3, 0.4) is 0 Å². The Hall–Kier alpha value is -1.42. The van der Waals surface area contributed by atoms with Gasteiger partial charge in [-0.1, -0.05) is 20.8 Å². The number of aromatic nitrogens is 1. The molecule has 4 heteroatoms. The molecule has 1 heterocycles. The molecule has 0 radical (unpaired) electrons. The number of hydrogen-bond donors (Lipinski definition) is 1. The van der Waals surface area contributed by atoms with E-state index in [1.54, 1.807) is 0 Å². The van der Waals surface area contributed by atoms with Crippen LogP contribution in [0.4, 0.5) is 5.69 Å². The fourth-order valence-electron chi connectivity index (χ4n) is 2.09. The Balaban J connectivity index is 2.60. The van der Waals surface area contributed by atoms with E-state index in [1.165, 1.54) is 5.52 Å². The zero-order valence-corrected chi connectivity index (χ0v) is 14.7. The average molecular weight is 290 g/mol. The second-order valence-electron chi connectivity index (χ2n) is 7.11. The number of aryl methyl sites for hydroxylation is 1. The number of fused-ring (bicyclic) bond motifs is 1. The van der Waals surface area contributed by atoms with Crippen molar-refractivity contribution in [2.45, 2.75) is 45.8 Å². The van der Waals surface area contributed by atoms with E-state index in [-0.39, 0.29) is 5.04 Å². The van der Waals surface area contributed by atoms with Crippen molar-refractivity contribution in [2.24, 2.45) is 7.05 Å². The van der Waals surface area contributed by atoms with Gasteiger partial charge in [-0.3, -0.25) is 0 Å². The van der Waals surface area contributed by atoms with Crippen molar-refractivity contribution in [3.8, 4) is 5.75 Å². The molecule has 1 aromatic heterocycles. The third kappa shape index (κ3) is 2.33. The van der Waals surface area contributed by atoms with Crippen molar-refractivity contribution in [3.05, 3.63) is 23.9 Å². The van der Waals surface area contributed by atoms with Crippen LogP contribution in [-0.2, 0) is 7.05 Å². The minimum Gasteiger partial charge on any atom is -0.542 e. The highest BCUT2D eigenvalue weighted by Gasteiger charge is 2.40. The summed E-state index contributed by atoms with van der Waals surface area (Å²) in [6, 6.07) is 6.03. The van der Waals surface area contributed by atoms with Gasteiger partial charge in [-0.05, 0) is 43.3 Å². The molecule has 2 aromatic rings. The van der Waals surface area contributed by atoms with Crippen molar-refractivity contribution in [1.29, 1.82) is 0 Å². The van der Waals surface area contributed by atoms with Crippen molar-refractivity contribution in [1.82, 2.24) is 4.57 Å². The van der Waals surface area contributed by atoms with Crippen molar-refractivity contribution < 1.29 is 4.43 Å². The maximum absolute atomic E-state index is 6.55. The van der Waals surface area contributed by atoms with E-state index in [0.717, 1.165) is 22.5 Å². The molecule has 3 nitrogen and oxygen atoms in total. The van der Waals surface area contributed by atoms with Gasteiger partial charge in [-0.2, -0.15) is 0 Å². The van der Waals surface area contributed by atoms with Crippen molar-refractivity contribution in [2.75, 3.05) is 5.73 Å². The Morgan fingerprint density at radius 2 is 1.80 bits per heavy atom. The number of anilines is 1. The number of rotatable bonds is 2. The van der Waals surface area contributed by atoms with Crippen LogP contribution in [0.1, 0.15) is 26.5 Å². The lowest BCUT2D eigenvalue weighted by molar-refractivity contribution is 0.491. The van der Waals surface area contributed by atoms with Crippen LogP contribution >= 0.6 is 0 Å². The summed E-state index contributed by atoms with van der Waals surface area (Å²) in [5.74, 6) is 1.00. The summed E-state index contributed by atoms with van der Waals surface area (Å²) in [4.78, 5) is 0. The SMILES string of the molecule is Cc1c(O[Si](C)(C)C(C)(C)C)c2cc(N)ccc2n1C. The number of hydrogen-bond acceptors (Lipinski definition) is 2. The van der Waals surface area contributed by atoms with Crippen molar-refractivity contribution in [3.63, 3.8) is 0 Å². The van der Waals surface area contributed by atoms with Crippen LogP contribution in [0.15, 0.2) is 18.2 Å². The van der Waals surface area contributed by atoms with E-state index in [0.29, 0.717) is 0 Å². The highest BCUT2D eigenvalue weighted by atomic mass is 28.4. The first-order chi connectivity index (χ1) is 9.04. The summed E-state index contributed by atoms with van der Waals surface area (Å²) in [5, 5.41) is 1.30. The van der Waals surface area contributed by atoms with Gasteiger partial charge in [-0.25, -0.2) is 0 Å². The third-order valence-electron chi connectivity index (χ3n) is 4.62. The van der Waals surface area contributed by atoms with Crippen LogP contribution in [0, 0.1) is 6.92 Å². The molecular formula is C16H26N2OSi. The van der Waals surface area contributed by atoms with Crippen LogP contribution in [-0.4, -0.2) is 12.9 Å². The number of benzene rings is 1. The van der Waals surface area contributed by atoms with Gasteiger partial charge < -0.3 is 14.7 Å². The Bertz CT molecular complexity index is 651. The van der Waals surface area contributed by atoms with Gasteiger partial charge in [0.2, 0.25) is 0 Å². The first-order valence-electron chi connectivity index (χ1n) is 7.08. The van der Waals surface area contributed by atoms with Gasteiger partial charge in [0.25, 0.3) is 8.32 Å². The first-order valence-corrected chi connectivity index (χ1v) is 9.99. The summed E-state index contributed by atoms with van der Waals surface area (Å²) >= 11 is 0. The molecule has 2 rings (SSSR count). The van der Waals surface area contributed by atoms with Crippen LogP contribution in [0.5, 0.6) is 5.75 Å². The Labute approximate surface area is 122 Å². The van der Waals surface area contributed by atoms with Gasteiger partial charge >= 0.3 is 0 Å². The second-order valence-corrected chi connectivity index (χ2v) is 11.8. The Morgan fingerprint density at radius 3 is 2.35 bits per heavy atom. The van der Waals surface area contributed by atoms with E-state index >= 15 is 0 Å². The molecule has 0 aliphatic carbocycles. The van der Waals surface area contributed by atoms with Gasteiger partial charge in [0.15, 0.2) is 0 Å². The minimum absolute atomic E-state index is 0.182. The Morgan fingerprint density at radius 1 is 1.20 bits per heavy atom. The highest BCUT2D eigenvalue weighted by molar-refractivity contribution is 6.74. The summed E-state index contributed by atoms with van der Waals surface area (Å²) in [6.07, 6.45) is 0. The second kappa shape index (κ2) is 4.55. The van der Waals surface area contributed by atoms with E-state index in [9.17, 15) is 0 Å². The molecule has 0 atom stereocenters. The summed E-state index contributed by atoms with van der Waals surface area (Å²) in [6.45, 7) is 13.4. The van der Waals surface area contributed by atoms with Gasteiger partial charge in [0.1, 0.15) is 5.75 Å². The van der Waals surface area contributed by atoms with Crippen molar-refractivity contribution >= 4 is 24.9 Å². The summed E-state index contributed by atoms with van der Waals surface area (Å²) in [7, 11) is 0.223. The molecule has 1 aromatic carbocycles. The van der Waals surface area contributed by atoms with Crippen LogP contribution in [0.2, 0.25) is 18.1 Å². The lowest BCUT2D eigenvalue weighted by Crippen LogP contribution is -2.44. The molecule has 0 spiro atoms. The average Bonchev–Trinajstić information content (AvgIpc) is 2.52. The fraction of sp³-hybridized carbons (Fsp3) is 0.500. The Kier molecular flexibility index (Phi) is 3.41. The van der Waals surface area contributed by atoms with E-state index < -0.39 is 8.32 Å². The topological polar surface area (TPSA) is 40.2 Å². The maximum atomic E-state index is 6.55. The quantitative estimate of drug-likeness (QED) is 0.655. The summed E-state index contributed by atoms with van der Waals surface area (Å²) < 4.78 is 8.73. The monoisotopic (exact) mass is 290 g/mol. The predicted octanol–water partition coefficient (Wildman–Crippen LogP) is 4.45. The summed E-state index contributed by atoms with van der Waals surface area (Å²) in [5.41, 5.74) is 9.06. The zero-order valence-electron chi connectivity index (χ0n) is 13.7. The maximum Gasteiger partial charge on any atom is 0.250 e. The fourth-order valence-corrected chi connectivity index (χ4v) is 3.17. The van der Waals surface area contributed by atoms with Crippen LogP contribution < -0.4 is 10.2 Å². The molecule has 0 saturated heterocycles. The van der Waals surface area contributed by atoms with Gasteiger partial charge in [0.05, 0.1) is 11.2 Å². The lowest BCUT2D eigenvalue weighted by Gasteiger charge is -2.36. The zero-order chi connectivity index (χ0) is 15.3. The smallest absolute Gasteiger partial charge is 0.250 e. The molecule has 0 saturated carbocycles. The highest BCUT2D eigenvalue weighted by Crippen LogP contribution is 2.41. The minimum atomic E-state index is -1.85. The van der Waals surface area contributed by atoms with Gasteiger partial charge in [0, 0.05) is 18.1 Å². The number of nitrogens with two attached hydrogens (primary N) is 1. The predicted molar refractivity (Wildman–Crippen MR) is 89.9 cm³/mol. The standard InChI is InChI=1S/C16H26N2OSi/c1-11-15(19-20(6,7)16(2,3)4)13-10-12(17)8-9-14(13)18(11)5/h8-10H,17H2,1-7H3. The van der Waals surface area contributed by atoms with Gasteiger partial charge in [-0.15, -0.1) is 0 Å². The number of nitrogens with zero attached hydrogens (tertiary/aromatic N) is 1. The molecule has 20 heavy (non-hydrogen) atoms. The lowest BCUT2D eigenvalue weighted by atomic mass is 10.2.